The molecular formula is C16H11N5O2. The average Bonchev–Trinajstić information content (AvgIpc) is 3.15. The molecular weight excluding hydrogens is 294 g/mol. The van der Waals surface area contributed by atoms with E-state index in [9.17, 15) is 9.59 Å². The number of hydrogen-bond donors (Lipinski definition) is 0. The molecule has 0 fully saturated rings. The topological polar surface area (TPSA) is 81.0 Å². The summed E-state index contributed by atoms with van der Waals surface area (Å²) in [5, 5.41) is 11.5. The molecule has 0 radical (unpaired) electrons. The van der Waals surface area contributed by atoms with Crippen LogP contribution in [0.15, 0.2) is 54.6 Å². The monoisotopic (exact) mass is 305 g/mol. The lowest BCUT2D eigenvalue weighted by molar-refractivity contribution is 0.0637. The van der Waals surface area contributed by atoms with E-state index in [1.54, 1.807) is 24.3 Å². The van der Waals surface area contributed by atoms with Gasteiger partial charge < -0.3 is 0 Å². The molecule has 3 aromatic rings. The van der Waals surface area contributed by atoms with Crippen molar-refractivity contribution < 1.29 is 9.59 Å². The van der Waals surface area contributed by atoms with Crippen molar-refractivity contribution in [3.63, 3.8) is 0 Å². The first-order valence-corrected chi connectivity index (χ1v) is 7.03. The van der Waals surface area contributed by atoms with Crippen LogP contribution < -0.4 is 0 Å². The number of fused-ring (bicyclic) bond motifs is 1. The maximum atomic E-state index is 12.4. The third-order valence-electron chi connectivity index (χ3n) is 3.71. The molecule has 0 N–H and O–H groups in total. The second-order valence-corrected chi connectivity index (χ2v) is 5.08. The fourth-order valence-electron chi connectivity index (χ4n) is 2.60. The molecule has 23 heavy (non-hydrogen) atoms. The third-order valence-corrected chi connectivity index (χ3v) is 3.71. The molecule has 0 unspecified atom stereocenters. The quantitative estimate of drug-likeness (QED) is 0.684. The summed E-state index contributed by atoms with van der Waals surface area (Å²) in [6.45, 7) is 0.0221. The van der Waals surface area contributed by atoms with E-state index in [0.717, 1.165) is 10.6 Å². The molecule has 112 valence electrons. The Balaban J connectivity index is 1.68. The van der Waals surface area contributed by atoms with Crippen LogP contribution in [0.25, 0.3) is 5.69 Å². The zero-order valence-electron chi connectivity index (χ0n) is 12.0. The van der Waals surface area contributed by atoms with Gasteiger partial charge >= 0.3 is 0 Å². The molecule has 1 aromatic heterocycles. The minimum absolute atomic E-state index is 0.0221. The van der Waals surface area contributed by atoms with Gasteiger partial charge in [0, 0.05) is 0 Å². The first-order chi connectivity index (χ1) is 11.3. The SMILES string of the molecule is O=C1c2ccccc2C(=O)N1Cc1nnnn1-c1ccccc1. The Hall–Kier alpha value is -3.35. The second-order valence-electron chi connectivity index (χ2n) is 5.08. The number of tetrazole rings is 1. The maximum Gasteiger partial charge on any atom is 0.261 e. The molecule has 0 spiro atoms. The van der Waals surface area contributed by atoms with E-state index in [1.807, 2.05) is 30.3 Å². The van der Waals surface area contributed by atoms with Gasteiger partial charge in [-0.05, 0) is 34.7 Å². The zero-order valence-corrected chi connectivity index (χ0v) is 12.0. The zero-order chi connectivity index (χ0) is 15.8. The van der Waals surface area contributed by atoms with Crippen LogP contribution in [0.3, 0.4) is 0 Å². The van der Waals surface area contributed by atoms with E-state index in [2.05, 4.69) is 15.5 Å². The normalized spacial score (nSPS) is 13.5. The van der Waals surface area contributed by atoms with E-state index in [1.165, 1.54) is 4.68 Å². The fourth-order valence-corrected chi connectivity index (χ4v) is 2.60. The predicted molar refractivity (Wildman–Crippen MR) is 79.8 cm³/mol. The molecule has 7 nitrogen and oxygen atoms in total. The summed E-state index contributed by atoms with van der Waals surface area (Å²) in [4.78, 5) is 26.0. The number of carbonyl (C=O) groups excluding carboxylic acids is 2. The summed E-state index contributed by atoms with van der Waals surface area (Å²) in [6, 6.07) is 16.1. The van der Waals surface area contributed by atoms with Crippen LogP contribution in [0.1, 0.15) is 26.5 Å². The number of rotatable bonds is 3. The van der Waals surface area contributed by atoms with Crippen molar-refractivity contribution in [2.75, 3.05) is 0 Å². The first kappa shape index (κ1) is 13.3. The van der Waals surface area contributed by atoms with Gasteiger partial charge in [-0.3, -0.25) is 14.5 Å². The lowest BCUT2D eigenvalue weighted by Gasteiger charge is -2.13. The number of hydrogen-bond acceptors (Lipinski definition) is 5. The van der Waals surface area contributed by atoms with E-state index >= 15 is 0 Å². The van der Waals surface area contributed by atoms with Crippen LogP contribution in [-0.2, 0) is 6.54 Å². The Morgan fingerprint density at radius 2 is 1.43 bits per heavy atom. The van der Waals surface area contributed by atoms with Crippen LogP contribution in [0.2, 0.25) is 0 Å². The van der Waals surface area contributed by atoms with Crippen LogP contribution in [0.4, 0.5) is 0 Å². The van der Waals surface area contributed by atoms with Crippen LogP contribution in [0.5, 0.6) is 0 Å². The lowest BCUT2D eigenvalue weighted by Crippen LogP contribution is -2.30. The van der Waals surface area contributed by atoms with Gasteiger partial charge in [-0.1, -0.05) is 30.3 Å². The highest BCUT2D eigenvalue weighted by atomic mass is 16.2. The number of nitrogens with zero attached hydrogens (tertiary/aromatic N) is 5. The van der Waals surface area contributed by atoms with Gasteiger partial charge in [-0.15, -0.1) is 5.10 Å². The highest BCUT2D eigenvalue weighted by Crippen LogP contribution is 2.24. The van der Waals surface area contributed by atoms with E-state index in [4.69, 9.17) is 0 Å². The number of imide groups is 1. The highest BCUT2D eigenvalue weighted by Gasteiger charge is 2.36. The van der Waals surface area contributed by atoms with Crippen molar-refractivity contribution in [1.29, 1.82) is 0 Å². The van der Waals surface area contributed by atoms with Crippen LogP contribution in [0, 0.1) is 0 Å². The Morgan fingerprint density at radius 3 is 2.09 bits per heavy atom. The molecule has 0 saturated carbocycles. The van der Waals surface area contributed by atoms with Gasteiger partial charge in [0.1, 0.15) is 0 Å². The average molecular weight is 305 g/mol. The number of benzene rings is 2. The van der Waals surface area contributed by atoms with Crippen molar-refractivity contribution in [2.24, 2.45) is 0 Å². The van der Waals surface area contributed by atoms with Gasteiger partial charge in [0.25, 0.3) is 11.8 Å². The van der Waals surface area contributed by atoms with Gasteiger partial charge in [0.05, 0.1) is 23.4 Å². The second kappa shape index (κ2) is 5.13. The molecule has 2 aromatic carbocycles. The highest BCUT2D eigenvalue weighted by molar-refractivity contribution is 6.21. The van der Waals surface area contributed by atoms with Crippen molar-refractivity contribution in [1.82, 2.24) is 25.1 Å². The molecule has 1 aliphatic rings. The molecule has 0 saturated heterocycles. The summed E-state index contributed by atoms with van der Waals surface area (Å²) in [7, 11) is 0. The lowest BCUT2D eigenvalue weighted by atomic mass is 10.1. The fraction of sp³-hybridized carbons (Fsp3) is 0.0625. The first-order valence-electron chi connectivity index (χ1n) is 7.03. The molecule has 2 amide bonds. The summed E-state index contributed by atoms with van der Waals surface area (Å²) < 4.78 is 1.52. The Bertz CT molecular complexity index is 869. The van der Waals surface area contributed by atoms with E-state index in [-0.39, 0.29) is 18.4 Å². The van der Waals surface area contributed by atoms with Crippen LogP contribution >= 0.6 is 0 Å². The molecule has 0 atom stereocenters. The van der Waals surface area contributed by atoms with Crippen molar-refractivity contribution >= 4 is 11.8 Å². The number of carbonyl (C=O) groups is 2. The smallest absolute Gasteiger partial charge is 0.261 e. The Morgan fingerprint density at radius 1 is 0.826 bits per heavy atom. The number of aromatic nitrogens is 4. The van der Waals surface area contributed by atoms with Crippen molar-refractivity contribution in [3.05, 3.63) is 71.5 Å². The largest absolute Gasteiger partial charge is 0.269 e. The number of para-hydroxylation sites is 1. The molecule has 0 aliphatic carbocycles. The molecule has 0 bridgehead atoms. The van der Waals surface area contributed by atoms with E-state index in [0.29, 0.717) is 17.0 Å². The standard InChI is InChI=1S/C16H11N5O2/c22-15-12-8-4-5-9-13(12)16(23)20(15)10-14-17-18-19-21(14)11-6-2-1-3-7-11/h1-9H,10H2. The third kappa shape index (κ3) is 2.10. The van der Waals surface area contributed by atoms with Crippen molar-refractivity contribution in [3.8, 4) is 5.69 Å². The predicted octanol–water partition coefficient (Wildman–Crippen LogP) is 1.46. The summed E-state index contributed by atoms with van der Waals surface area (Å²) in [5.41, 5.74) is 1.59. The summed E-state index contributed by atoms with van der Waals surface area (Å²) in [6.07, 6.45) is 0. The molecule has 2 heterocycles. The van der Waals surface area contributed by atoms with Gasteiger partial charge in [0.15, 0.2) is 5.82 Å². The molecule has 1 aliphatic heterocycles. The van der Waals surface area contributed by atoms with Gasteiger partial charge in [-0.25, -0.2) is 0 Å². The van der Waals surface area contributed by atoms with Crippen molar-refractivity contribution in [2.45, 2.75) is 6.54 Å². The number of amides is 2. The Kier molecular flexibility index (Phi) is 2.97. The van der Waals surface area contributed by atoms with E-state index < -0.39 is 0 Å². The minimum atomic E-state index is -0.326. The molecule has 4 rings (SSSR count). The minimum Gasteiger partial charge on any atom is -0.269 e. The maximum absolute atomic E-state index is 12.4. The van der Waals surface area contributed by atoms with Gasteiger partial charge in [-0.2, -0.15) is 4.68 Å². The molecule has 7 heteroatoms. The summed E-state index contributed by atoms with van der Waals surface area (Å²) >= 11 is 0. The Labute approximate surface area is 131 Å². The van der Waals surface area contributed by atoms with Crippen LogP contribution in [-0.4, -0.2) is 36.9 Å². The van der Waals surface area contributed by atoms with Gasteiger partial charge in [0.2, 0.25) is 0 Å². The summed E-state index contributed by atoms with van der Waals surface area (Å²) in [5.74, 6) is -0.230.